The van der Waals surface area contributed by atoms with Crippen LogP contribution < -0.4 is 30.7 Å². The highest BCUT2D eigenvalue weighted by Crippen LogP contribution is 2.51. The Morgan fingerprint density at radius 1 is 0.472 bits per heavy atom. The molecule has 0 aliphatic rings. The van der Waals surface area contributed by atoms with Crippen LogP contribution in [0.25, 0.3) is 31.9 Å². The van der Waals surface area contributed by atoms with Gasteiger partial charge in [0, 0.05) is 43.6 Å². The van der Waals surface area contributed by atoms with E-state index in [1.807, 2.05) is 24.3 Å². The summed E-state index contributed by atoms with van der Waals surface area (Å²) in [5, 5.41) is 2.04. The second-order valence-electron chi connectivity index (χ2n) is 12.6. The van der Waals surface area contributed by atoms with Crippen LogP contribution in [0, 0.1) is 13.8 Å². The molecule has 0 saturated carbocycles. The summed E-state index contributed by atoms with van der Waals surface area (Å²) < 4.78 is 20.5. The lowest BCUT2D eigenvalue weighted by atomic mass is 10.0. The van der Waals surface area contributed by atoms with Crippen LogP contribution in [0.3, 0.4) is 0 Å². The number of hydrogen-bond acceptors (Lipinski definition) is 11. The van der Waals surface area contributed by atoms with E-state index in [9.17, 15) is 0 Å². The lowest BCUT2D eigenvalue weighted by molar-refractivity contribution is 0.414. The molecule has 8 aromatic rings. The lowest BCUT2D eigenvalue weighted by Crippen LogP contribution is -2.08. The number of methoxy groups -OCH3 is 2. The van der Waals surface area contributed by atoms with Crippen molar-refractivity contribution in [1.82, 2.24) is 8.75 Å². The predicted octanol–water partition coefficient (Wildman–Crippen LogP) is 11.9. The highest BCUT2D eigenvalue weighted by molar-refractivity contribution is 7.20. The molecule has 8 rings (SSSR count). The van der Waals surface area contributed by atoms with Crippen molar-refractivity contribution in [2.45, 2.75) is 13.8 Å². The number of ether oxygens (including phenoxy) is 2. The van der Waals surface area contributed by atoms with E-state index in [1.54, 1.807) is 36.9 Å². The van der Waals surface area contributed by atoms with Gasteiger partial charge in [0.1, 0.15) is 32.5 Å². The Morgan fingerprint density at radius 3 is 1.15 bits per heavy atom. The molecular weight excluding hydrogens is 717 g/mol. The Hall–Kier alpha value is -5.88. The van der Waals surface area contributed by atoms with Gasteiger partial charge in [0.15, 0.2) is 0 Å². The number of benzene rings is 5. The fraction of sp³-hybridized carbons (Fsp3) is 0.0952. The maximum absolute atomic E-state index is 7.00. The molecule has 4 N–H and O–H groups in total. The largest absolute Gasteiger partial charge is 0.497 e. The zero-order valence-electron chi connectivity index (χ0n) is 29.5. The van der Waals surface area contributed by atoms with Gasteiger partial charge in [0.05, 0.1) is 37.3 Å². The molecule has 0 atom stereocenters. The molecule has 0 fully saturated rings. The van der Waals surface area contributed by atoms with Crippen LogP contribution in [0.5, 0.6) is 11.5 Å². The number of hydrogen-bond donors (Lipinski definition) is 2. The average molecular weight is 753 g/mol. The van der Waals surface area contributed by atoms with Gasteiger partial charge in [0.2, 0.25) is 0 Å². The van der Waals surface area contributed by atoms with Crippen LogP contribution in [-0.2, 0) is 0 Å². The first-order valence-electron chi connectivity index (χ1n) is 16.9. The molecule has 0 aliphatic carbocycles. The first kappa shape index (κ1) is 34.2. The highest BCUT2D eigenvalue weighted by atomic mass is 32.1. The standard InChI is InChI=1S/C42H36N6O2S3/c1-25-5-9-27(10-6-25)47(29-13-17-31(49-3)18-14-29)35-23-21-33(51-35)37-39(43)40(44)38(42-41(37)45-53-46-42)34-22-24-36(52-34)48(28-11-7-26(2)8-12-28)30-15-19-32(50-4)20-16-30/h5-24H,43-44H2,1-4H3. The number of aromatic nitrogens is 2. The Labute approximate surface area is 320 Å². The van der Waals surface area contributed by atoms with Crippen molar-refractivity contribution < 1.29 is 9.47 Å². The number of fused-ring (bicyclic) bond motifs is 1. The number of aryl methyl sites for hydroxylation is 2. The summed E-state index contributed by atoms with van der Waals surface area (Å²) in [5.74, 6) is 1.60. The number of thiophene rings is 2. The van der Waals surface area contributed by atoms with Gasteiger partial charge < -0.3 is 30.7 Å². The summed E-state index contributed by atoms with van der Waals surface area (Å²) in [6.45, 7) is 4.18. The lowest BCUT2D eigenvalue weighted by Gasteiger charge is -2.24. The number of nitrogen functional groups attached to an aromatic ring is 2. The van der Waals surface area contributed by atoms with Crippen molar-refractivity contribution in [3.05, 3.63) is 132 Å². The van der Waals surface area contributed by atoms with Crippen molar-refractivity contribution in [3.8, 4) is 32.4 Å². The van der Waals surface area contributed by atoms with E-state index >= 15 is 0 Å². The fourth-order valence-corrected chi connectivity index (χ4v) is 9.14. The van der Waals surface area contributed by atoms with Crippen LogP contribution >= 0.6 is 34.4 Å². The van der Waals surface area contributed by atoms with E-state index in [0.717, 1.165) is 87.9 Å². The zero-order valence-corrected chi connectivity index (χ0v) is 32.0. The van der Waals surface area contributed by atoms with E-state index in [0.29, 0.717) is 11.4 Å². The fourth-order valence-electron chi connectivity index (χ4n) is 6.36. The number of rotatable bonds is 10. The van der Waals surface area contributed by atoms with Crippen molar-refractivity contribution in [2.24, 2.45) is 0 Å². The Bertz CT molecular complexity index is 2350. The number of anilines is 8. The smallest absolute Gasteiger partial charge is 0.119 e. The summed E-state index contributed by atoms with van der Waals surface area (Å²) >= 11 is 4.43. The third-order valence-electron chi connectivity index (χ3n) is 9.15. The number of nitrogens with zero attached hydrogens (tertiary/aromatic N) is 4. The molecule has 8 nitrogen and oxygen atoms in total. The minimum absolute atomic E-state index is 0.487. The number of nitrogens with two attached hydrogens (primary N) is 2. The third kappa shape index (κ3) is 6.43. The van der Waals surface area contributed by atoms with E-state index in [1.165, 1.54) is 11.1 Å². The van der Waals surface area contributed by atoms with Gasteiger partial charge in [-0.2, -0.15) is 8.75 Å². The van der Waals surface area contributed by atoms with Gasteiger partial charge in [-0.3, -0.25) is 0 Å². The van der Waals surface area contributed by atoms with Gasteiger partial charge >= 0.3 is 0 Å². The Kier molecular flexibility index (Phi) is 9.21. The quantitative estimate of drug-likeness (QED) is 0.133. The van der Waals surface area contributed by atoms with Gasteiger partial charge in [-0.15, -0.1) is 22.7 Å². The highest BCUT2D eigenvalue weighted by Gasteiger charge is 2.26. The first-order valence-corrected chi connectivity index (χ1v) is 19.2. The van der Waals surface area contributed by atoms with Gasteiger partial charge in [-0.05, 0) is 111 Å². The van der Waals surface area contributed by atoms with Gasteiger partial charge in [-0.25, -0.2) is 0 Å². The van der Waals surface area contributed by atoms with Crippen molar-refractivity contribution in [1.29, 1.82) is 0 Å². The molecule has 0 radical (unpaired) electrons. The van der Waals surface area contributed by atoms with Gasteiger partial charge in [-0.1, -0.05) is 35.4 Å². The van der Waals surface area contributed by atoms with Crippen LogP contribution in [-0.4, -0.2) is 23.0 Å². The molecule has 11 heteroatoms. The zero-order chi connectivity index (χ0) is 36.6. The third-order valence-corrected chi connectivity index (χ3v) is 11.9. The second-order valence-corrected chi connectivity index (χ2v) is 15.2. The van der Waals surface area contributed by atoms with E-state index in [2.05, 4.69) is 121 Å². The summed E-state index contributed by atoms with van der Waals surface area (Å²) in [5.41, 5.74) is 24.5. The summed E-state index contributed by atoms with van der Waals surface area (Å²) in [4.78, 5) is 6.37. The van der Waals surface area contributed by atoms with E-state index in [-0.39, 0.29) is 0 Å². The molecular formula is C42H36N6O2S3. The topological polar surface area (TPSA) is 103 Å². The molecule has 0 spiro atoms. The molecule has 0 unspecified atom stereocenters. The molecule has 3 heterocycles. The van der Waals surface area contributed by atoms with E-state index < -0.39 is 0 Å². The SMILES string of the molecule is COc1ccc(N(c2ccc(C)cc2)c2ccc(-c3c(N)c(N)c(-c4ccc(N(c5ccc(C)cc5)c5ccc(OC)cc5)s4)c4nsnc34)s2)cc1. The van der Waals surface area contributed by atoms with Crippen LogP contribution in [0.1, 0.15) is 11.1 Å². The minimum atomic E-state index is 0.487. The molecule has 0 saturated heterocycles. The Balaban J connectivity index is 1.21. The molecule has 0 aliphatic heterocycles. The minimum Gasteiger partial charge on any atom is -0.497 e. The Morgan fingerprint density at radius 2 is 0.811 bits per heavy atom. The van der Waals surface area contributed by atoms with E-state index in [4.69, 9.17) is 29.7 Å². The summed E-state index contributed by atoms with van der Waals surface area (Å²) in [6.07, 6.45) is 0. The van der Waals surface area contributed by atoms with Gasteiger partial charge in [0.25, 0.3) is 0 Å². The molecule has 0 amide bonds. The molecule has 5 aromatic carbocycles. The second kappa shape index (κ2) is 14.3. The molecule has 53 heavy (non-hydrogen) atoms. The monoisotopic (exact) mass is 752 g/mol. The van der Waals surface area contributed by atoms with Crippen LogP contribution in [0.2, 0.25) is 0 Å². The van der Waals surface area contributed by atoms with Crippen LogP contribution in [0.4, 0.5) is 44.1 Å². The predicted molar refractivity (Wildman–Crippen MR) is 225 cm³/mol. The summed E-state index contributed by atoms with van der Waals surface area (Å²) in [6, 6.07) is 41.5. The normalized spacial score (nSPS) is 11.2. The maximum Gasteiger partial charge on any atom is 0.119 e. The molecule has 0 bridgehead atoms. The van der Waals surface area contributed by atoms with Crippen molar-refractivity contribution >= 4 is 89.6 Å². The average Bonchev–Trinajstić information content (AvgIpc) is 3.98. The summed E-state index contributed by atoms with van der Waals surface area (Å²) in [7, 11) is 3.35. The van der Waals surface area contributed by atoms with Crippen LogP contribution in [0.15, 0.2) is 121 Å². The molecule has 3 aromatic heterocycles. The van der Waals surface area contributed by atoms with Crippen molar-refractivity contribution in [3.63, 3.8) is 0 Å². The first-order chi connectivity index (χ1) is 25.8. The molecule has 264 valence electrons. The van der Waals surface area contributed by atoms with Crippen molar-refractivity contribution in [2.75, 3.05) is 35.5 Å². The maximum atomic E-state index is 7.00.